The molecule has 0 bridgehead atoms. The molecule has 1 heterocycles. The van der Waals surface area contributed by atoms with Crippen LogP contribution in [0.3, 0.4) is 0 Å². The van der Waals surface area contributed by atoms with Gasteiger partial charge in [0.05, 0.1) is 5.69 Å². The Morgan fingerprint density at radius 1 is 1.17 bits per heavy atom. The van der Waals surface area contributed by atoms with Gasteiger partial charge in [0.1, 0.15) is 0 Å². The van der Waals surface area contributed by atoms with E-state index in [1.807, 2.05) is 13.8 Å². The van der Waals surface area contributed by atoms with Crippen LogP contribution in [-0.2, 0) is 10.2 Å². The van der Waals surface area contributed by atoms with Crippen LogP contribution in [0.15, 0.2) is 12.1 Å². The van der Waals surface area contributed by atoms with E-state index in [4.69, 9.17) is 5.73 Å². The minimum Gasteiger partial charge on any atom is -0.399 e. The average Bonchev–Trinajstić information content (AvgIpc) is 2.79. The zero-order chi connectivity index (χ0) is 13.3. The number of aryl methyl sites for hydroxylation is 2. The highest BCUT2D eigenvalue weighted by molar-refractivity contribution is 7.90. The van der Waals surface area contributed by atoms with Crippen molar-refractivity contribution in [2.75, 3.05) is 23.5 Å². The van der Waals surface area contributed by atoms with E-state index in [1.54, 1.807) is 12.1 Å². The SMILES string of the molecule is Cc1cc(NS(=O)(=O)N2CCCC2)c(C)cc1N. The van der Waals surface area contributed by atoms with Gasteiger partial charge in [-0.05, 0) is 49.9 Å². The second kappa shape index (κ2) is 4.78. The van der Waals surface area contributed by atoms with Crippen LogP contribution in [0.4, 0.5) is 11.4 Å². The lowest BCUT2D eigenvalue weighted by molar-refractivity contribution is 0.482. The molecule has 0 aromatic heterocycles. The van der Waals surface area contributed by atoms with Gasteiger partial charge in [-0.15, -0.1) is 0 Å². The molecule has 1 aliphatic heterocycles. The van der Waals surface area contributed by atoms with E-state index < -0.39 is 10.2 Å². The van der Waals surface area contributed by atoms with E-state index in [1.165, 1.54) is 4.31 Å². The van der Waals surface area contributed by atoms with Crippen molar-refractivity contribution in [3.63, 3.8) is 0 Å². The van der Waals surface area contributed by atoms with Gasteiger partial charge >= 0.3 is 10.2 Å². The van der Waals surface area contributed by atoms with Crippen LogP contribution in [0.5, 0.6) is 0 Å². The summed E-state index contributed by atoms with van der Waals surface area (Å²) in [5.41, 5.74) is 8.78. The summed E-state index contributed by atoms with van der Waals surface area (Å²) in [4.78, 5) is 0. The molecule has 1 fully saturated rings. The van der Waals surface area contributed by atoms with Gasteiger partial charge in [0.2, 0.25) is 0 Å². The normalized spacial score (nSPS) is 17.0. The standard InChI is InChI=1S/C12H19N3O2S/c1-9-8-12(10(2)7-11(9)13)14-18(16,17)15-5-3-4-6-15/h7-8,14H,3-6,13H2,1-2H3. The van der Waals surface area contributed by atoms with E-state index in [9.17, 15) is 8.42 Å². The fourth-order valence-corrected chi connectivity index (χ4v) is 3.45. The third kappa shape index (κ3) is 2.59. The van der Waals surface area contributed by atoms with E-state index >= 15 is 0 Å². The predicted molar refractivity (Wildman–Crippen MR) is 73.7 cm³/mol. The maximum absolute atomic E-state index is 12.1. The van der Waals surface area contributed by atoms with E-state index in [2.05, 4.69) is 4.72 Å². The van der Waals surface area contributed by atoms with Crippen LogP contribution in [0.1, 0.15) is 24.0 Å². The van der Waals surface area contributed by atoms with Gasteiger partial charge in [0.15, 0.2) is 0 Å². The third-order valence-electron chi connectivity index (χ3n) is 3.26. The molecule has 5 nitrogen and oxygen atoms in total. The monoisotopic (exact) mass is 269 g/mol. The smallest absolute Gasteiger partial charge is 0.301 e. The summed E-state index contributed by atoms with van der Waals surface area (Å²) < 4.78 is 28.4. The number of nitrogens with zero attached hydrogens (tertiary/aromatic N) is 1. The quantitative estimate of drug-likeness (QED) is 0.819. The summed E-state index contributed by atoms with van der Waals surface area (Å²) in [5, 5.41) is 0. The Hall–Kier alpha value is -1.27. The van der Waals surface area contributed by atoms with Crippen LogP contribution in [-0.4, -0.2) is 25.8 Å². The van der Waals surface area contributed by atoms with Gasteiger partial charge in [-0.1, -0.05) is 0 Å². The largest absolute Gasteiger partial charge is 0.399 e. The summed E-state index contributed by atoms with van der Waals surface area (Å²) in [6, 6.07) is 3.56. The fraction of sp³-hybridized carbons (Fsp3) is 0.500. The third-order valence-corrected chi connectivity index (χ3v) is 4.78. The molecule has 1 aromatic carbocycles. The highest BCUT2D eigenvalue weighted by Gasteiger charge is 2.25. The van der Waals surface area contributed by atoms with Gasteiger partial charge in [0.25, 0.3) is 0 Å². The summed E-state index contributed by atoms with van der Waals surface area (Å²) in [6.07, 6.45) is 1.86. The van der Waals surface area contributed by atoms with Gasteiger partial charge in [0, 0.05) is 18.8 Å². The average molecular weight is 269 g/mol. The number of nitrogen functional groups attached to an aromatic ring is 1. The summed E-state index contributed by atoms with van der Waals surface area (Å²) in [6.45, 7) is 4.91. The Balaban J connectivity index is 2.26. The Kier molecular flexibility index (Phi) is 3.49. The maximum atomic E-state index is 12.1. The van der Waals surface area contributed by atoms with Crippen molar-refractivity contribution >= 4 is 21.6 Å². The Morgan fingerprint density at radius 2 is 1.78 bits per heavy atom. The second-order valence-electron chi connectivity index (χ2n) is 4.74. The minimum atomic E-state index is -3.42. The maximum Gasteiger partial charge on any atom is 0.301 e. The second-order valence-corrected chi connectivity index (χ2v) is 6.41. The summed E-state index contributed by atoms with van der Waals surface area (Å²) >= 11 is 0. The molecule has 0 atom stereocenters. The van der Waals surface area contributed by atoms with Gasteiger partial charge < -0.3 is 5.73 Å². The Bertz CT molecular complexity index is 549. The first-order valence-corrected chi connectivity index (χ1v) is 7.49. The number of anilines is 2. The number of rotatable bonds is 3. The van der Waals surface area contributed by atoms with E-state index in [0.717, 1.165) is 24.0 Å². The highest BCUT2D eigenvalue weighted by Crippen LogP contribution is 2.24. The van der Waals surface area contributed by atoms with Gasteiger partial charge in [-0.3, -0.25) is 4.72 Å². The zero-order valence-corrected chi connectivity index (χ0v) is 11.5. The molecule has 3 N–H and O–H groups in total. The molecule has 18 heavy (non-hydrogen) atoms. The summed E-state index contributed by atoms with van der Waals surface area (Å²) in [7, 11) is -3.42. The van der Waals surface area contributed by atoms with Crippen LogP contribution in [0.25, 0.3) is 0 Å². The molecule has 0 spiro atoms. The van der Waals surface area contributed by atoms with Crippen LogP contribution in [0, 0.1) is 13.8 Å². The van der Waals surface area contributed by atoms with Crippen molar-refractivity contribution in [2.45, 2.75) is 26.7 Å². The molecule has 6 heteroatoms. The molecule has 0 unspecified atom stereocenters. The lowest BCUT2D eigenvalue weighted by atomic mass is 10.1. The first kappa shape index (κ1) is 13.2. The van der Waals surface area contributed by atoms with E-state index in [0.29, 0.717) is 24.5 Å². The highest BCUT2D eigenvalue weighted by atomic mass is 32.2. The van der Waals surface area contributed by atoms with Crippen LogP contribution in [0.2, 0.25) is 0 Å². The number of nitrogens with two attached hydrogens (primary N) is 1. The first-order valence-electron chi connectivity index (χ1n) is 6.05. The van der Waals surface area contributed by atoms with Crippen molar-refractivity contribution < 1.29 is 8.42 Å². The van der Waals surface area contributed by atoms with Gasteiger partial charge in [-0.25, -0.2) is 0 Å². The Morgan fingerprint density at radius 3 is 2.39 bits per heavy atom. The number of hydrogen-bond donors (Lipinski definition) is 2. The molecular formula is C12H19N3O2S. The van der Waals surface area contributed by atoms with Gasteiger partial charge in [-0.2, -0.15) is 12.7 Å². The number of benzene rings is 1. The zero-order valence-electron chi connectivity index (χ0n) is 10.7. The lowest BCUT2D eigenvalue weighted by Gasteiger charge is -2.18. The van der Waals surface area contributed by atoms with Crippen molar-refractivity contribution in [1.29, 1.82) is 0 Å². The molecule has 1 aromatic rings. The molecule has 0 radical (unpaired) electrons. The predicted octanol–water partition coefficient (Wildman–Crippen LogP) is 1.64. The van der Waals surface area contributed by atoms with Crippen LogP contribution < -0.4 is 10.5 Å². The van der Waals surface area contributed by atoms with Crippen molar-refractivity contribution in [3.8, 4) is 0 Å². The fourth-order valence-electron chi connectivity index (χ4n) is 2.08. The van der Waals surface area contributed by atoms with E-state index in [-0.39, 0.29) is 0 Å². The molecule has 0 amide bonds. The molecule has 0 saturated carbocycles. The molecule has 1 saturated heterocycles. The molecule has 100 valence electrons. The van der Waals surface area contributed by atoms with Crippen molar-refractivity contribution in [2.24, 2.45) is 0 Å². The first-order chi connectivity index (χ1) is 8.40. The number of hydrogen-bond acceptors (Lipinski definition) is 3. The Labute approximate surface area is 108 Å². The summed E-state index contributed by atoms with van der Waals surface area (Å²) in [5.74, 6) is 0. The number of nitrogens with one attached hydrogen (secondary N) is 1. The van der Waals surface area contributed by atoms with Crippen molar-refractivity contribution in [1.82, 2.24) is 4.31 Å². The van der Waals surface area contributed by atoms with Crippen LogP contribution >= 0.6 is 0 Å². The topological polar surface area (TPSA) is 75.4 Å². The molecule has 2 rings (SSSR count). The molecular weight excluding hydrogens is 250 g/mol. The molecule has 1 aliphatic rings. The minimum absolute atomic E-state index is 0.600. The lowest BCUT2D eigenvalue weighted by Crippen LogP contribution is -2.33. The van der Waals surface area contributed by atoms with Crippen molar-refractivity contribution in [3.05, 3.63) is 23.3 Å². The molecule has 0 aliphatic carbocycles.